The predicted molar refractivity (Wildman–Crippen MR) is 67.2 cm³/mol. The molecule has 4 heteroatoms. The van der Waals surface area contributed by atoms with Crippen molar-refractivity contribution in [2.24, 2.45) is 5.73 Å². The Labute approximate surface area is 93.8 Å². The summed E-state index contributed by atoms with van der Waals surface area (Å²) < 4.78 is 0. The van der Waals surface area contributed by atoms with Gasteiger partial charge in [0.2, 0.25) is 5.91 Å². The van der Waals surface area contributed by atoms with E-state index in [1.807, 2.05) is 0 Å². The molecule has 84 valence electrons. The van der Waals surface area contributed by atoms with Gasteiger partial charge in [-0.3, -0.25) is 4.79 Å². The molecule has 0 spiro atoms. The zero-order valence-corrected chi connectivity index (χ0v) is 11.4. The van der Waals surface area contributed by atoms with E-state index < -0.39 is 14.0 Å². The average Bonchev–Trinajstić information content (AvgIpc) is 2.06. The van der Waals surface area contributed by atoms with Gasteiger partial charge in [0.15, 0.2) is 0 Å². The fraction of sp³-hybridized carbons (Fsp3) is 0.700. The lowest BCUT2D eigenvalue weighted by molar-refractivity contribution is -0.114. The number of halogens is 1. The molecule has 0 aliphatic carbocycles. The lowest BCUT2D eigenvalue weighted by atomic mass is 10.3. The van der Waals surface area contributed by atoms with Crippen molar-refractivity contribution in [3.8, 4) is 0 Å². The second-order valence-corrected chi connectivity index (χ2v) is 7.52. The fourth-order valence-corrected chi connectivity index (χ4v) is 3.62. The van der Waals surface area contributed by atoms with Gasteiger partial charge in [-0.15, -0.1) is 0 Å². The first-order valence-corrected chi connectivity index (χ1v) is 8.42. The summed E-state index contributed by atoms with van der Waals surface area (Å²) in [4.78, 5) is 9.82. The number of rotatable bonds is 5. The van der Waals surface area contributed by atoms with Gasteiger partial charge in [-0.25, -0.2) is 0 Å². The Hall–Kier alpha value is -0.283. The molecule has 0 unspecified atom stereocenters. The molecule has 2 nitrogen and oxygen atoms in total. The van der Waals surface area contributed by atoms with Gasteiger partial charge in [-0.05, 0) is 19.0 Å². The Morgan fingerprint density at radius 2 is 1.64 bits per heavy atom. The molecule has 0 saturated carbocycles. The maximum atomic E-state index is 9.82. The SMILES string of the molecule is C=C(C)C(N)=O.CCC[SiH](Cl)CCC. The molecule has 2 N–H and O–H groups in total. The number of amides is 1. The molecule has 0 aliphatic heterocycles. The minimum absolute atomic E-state index is 0.398. The number of hydrogen-bond acceptors (Lipinski definition) is 1. The molecule has 0 aliphatic rings. The maximum Gasteiger partial charge on any atom is 0.243 e. The summed E-state index contributed by atoms with van der Waals surface area (Å²) in [6, 6.07) is 2.63. The predicted octanol–water partition coefficient (Wildman–Crippen LogP) is 2.82. The third kappa shape index (κ3) is 14.3. The van der Waals surface area contributed by atoms with Crippen LogP contribution in [0.15, 0.2) is 12.2 Å². The molecular formula is C10H22ClNOSi. The monoisotopic (exact) mass is 235 g/mol. The van der Waals surface area contributed by atoms with Gasteiger partial charge in [0, 0.05) is 5.57 Å². The molecule has 1 amide bonds. The van der Waals surface area contributed by atoms with Crippen molar-refractivity contribution in [3.63, 3.8) is 0 Å². The average molecular weight is 236 g/mol. The van der Waals surface area contributed by atoms with Crippen molar-refractivity contribution in [1.29, 1.82) is 0 Å². The summed E-state index contributed by atoms with van der Waals surface area (Å²) in [6.07, 6.45) is 2.56. The van der Waals surface area contributed by atoms with E-state index in [1.165, 1.54) is 24.9 Å². The van der Waals surface area contributed by atoms with Crippen molar-refractivity contribution < 1.29 is 4.79 Å². The van der Waals surface area contributed by atoms with E-state index >= 15 is 0 Å². The van der Waals surface area contributed by atoms with Gasteiger partial charge in [-0.2, -0.15) is 11.1 Å². The summed E-state index contributed by atoms with van der Waals surface area (Å²) in [7, 11) is -0.730. The smallest absolute Gasteiger partial charge is 0.243 e. The van der Waals surface area contributed by atoms with E-state index in [2.05, 4.69) is 20.4 Å². The summed E-state index contributed by atoms with van der Waals surface area (Å²) in [5, 5.41) is 0. The summed E-state index contributed by atoms with van der Waals surface area (Å²) >= 11 is 6.02. The van der Waals surface area contributed by atoms with E-state index in [-0.39, 0.29) is 0 Å². The van der Waals surface area contributed by atoms with Crippen LogP contribution >= 0.6 is 11.1 Å². The zero-order valence-electron chi connectivity index (χ0n) is 9.48. The van der Waals surface area contributed by atoms with Crippen LogP contribution in [0.25, 0.3) is 0 Å². The van der Waals surface area contributed by atoms with Crippen LogP contribution in [0.5, 0.6) is 0 Å². The summed E-state index contributed by atoms with van der Waals surface area (Å²) in [5.74, 6) is -0.435. The van der Waals surface area contributed by atoms with Crippen molar-refractivity contribution in [2.45, 2.75) is 45.7 Å². The molecule has 0 fully saturated rings. The zero-order chi connectivity index (χ0) is 11.6. The third-order valence-corrected chi connectivity index (χ3v) is 5.34. The minimum Gasteiger partial charge on any atom is -0.366 e. The summed E-state index contributed by atoms with van der Waals surface area (Å²) in [5.41, 5.74) is 5.09. The van der Waals surface area contributed by atoms with Gasteiger partial charge in [-0.1, -0.05) is 33.3 Å². The van der Waals surface area contributed by atoms with Crippen LogP contribution in [-0.4, -0.2) is 14.0 Å². The molecule has 0 aromatic heterocycles. The first-order chi connectivity index (χ1) is 6.45. The lowest BCUT2D eigenvalue weighted by Gasteiger charge is -2.00. The van der Waals surface area contributed by atoms with E-state index in [1.54, 1.807) is 6.92 Å². The van der Waals surface area contributed by atoms with Gasteiger partial charge in [0.25, 0.3) is 0 Å². The molecule has 0 rings (SSSR count). The largest absolute Gasteiger partial charge is 0.366 e. The molecule has 0 heterocycles. The van der Waals surface area contributed by atoms with Crippen molar-refractivity contribution in [3.05, 3.63) is 12.2 Å². The Morgan fingerprint density at radius 3 is 1.79 bits per heavy atom. The van der Waals surface area contributed by atoms with E-state index in [0.717, 1.165) is 0 Å². The van der Waals surface area contributed by atoms with E-state index in [4.69, 9.17) is 16.8 Å². The standard InChI is InChI=1S/C6H15ClSi.C4H7NO/c1-3-5-8(7)6-4-2;1-3(2)4(5)6/h8H,3-6H2,1-2H3;1H2,2H3,(H2,5,6). The second-order valence-electron chi connectivity index (χ2n) is 3.32. The fourth-order valence-electron chi connectivity index (χ4n) is 0.771. The minimum atomic E-state index is -0.730. The van der Waals surface area contributed by atoms with Gasteiger partial charge >= 0.3 is 0 Å². The molecule has 14 heavy (non-hydrogen) atoms. The van der Waals surface area contributed by atoms with Crippen LogP contribution in [0.2, 0.25) is 12.1 Å². The lowest BCUT2D eigenvalue weighted by Crippen LogP contribution is -2.10. The molecule has 0 saturated heterocycles. The molecule has 0 aromatic carbocycles. The number of carbonyl (C=O) groups is 1. The van der Waals surface area contributed by atoms with Crippen molar-refractivity contribution >= 4 is 25.1 Å². The van der Waals surface area contributed by atoms with Crippen LogP contribution in [0.4, 0.5) is 0 Å². The molecule has 0 atom stereocenters. The van der Waals surface area contributed by atoms with Crippen molar-refractivity contribution in [1.82, 2.24) is 0 Å². The molecular weight excluding hydrogens is 214 g/mol. The first-order valence-electron chi connectivity index (χ1n) is 5.05. The highest BCUT2D eigenvalue weighted by Crippen LogP contribution is 2.08. The van der Waals surface area contributed by atoms with Crippen LogP contribution in [0, 0.1) is 0 Å². The topological polar surface area (TPSA) is 43.1 Å². The molecule has 0 aromatic rings. The van der Waals surface area contributed by atoms with E-state index in [0.29, 0.717) is 5.57 Å². The van der Waals surface area contributed by atoms with Crippen LogP contribution in [-0.2, 0) is 4.79 Å². The van der Waals surface area contributed by atoms with Crippen LogP contribution < -0.4 is 5.73 Å². The highest BCUT2D eigenvalue weighted by Gasteiger charge is 2.01. The Balaban J connectivity index is 0. The molecule has 0 radical (unpaired) electrons. The highest BCUT2D eigenvalue weighted by molar-refractivity contribution is 7.06. The van der Waals surface area contributed by atoms with Gasteiger partial charge < -0.3 is 5.73 Å². The highest BCUT2D eigenvalue weighted by atomic mass is 35.6. The first kappa shape index (κ1) is 16.2. The quantitative estimate of drug-likeness (QED) is 0.445. The third-order valence-electron chi connectivity index (χ3n) is 1.62. The number of carbonyl (C=O) groups excluding carboxylic acids is 1. The van der Waals surface area contributed by atoms with Crippen LogP contribution in [0.3, 0.4) is 0 Å². The summed E-state index contributed by atoms with van der Waals surface area (Å²) in [6.45, 7) is 9.26. The number of primary amides is 1. The van der Waals surface area contributed by atoms with Crippen molar-refractivity contribution in [2.75, 3.05) is 0 Å². The Kier molecular flexibility index (Phi) is 12.5. The second kappa shape index (κ2) is 10.8. The van der Waals surface area contributed by atoms with Gasteiger partial charge in [0.1, 0.15) is 8.11 Å². The van der Waals surface area contributed by atoms with Crippen LogP contribution in [0.1, 0.15) is 33.6 Å². The molecule has 0 bridgehead atoms. The van der Waals surface area contributed by atoms with E-state index in [9.17, 15) is 4.79 Å². The number of hydrogen-bond donors (Lipinski definition) is 1. The normalized spacial score (nSPS) is 9.21. The Morgan fingerprint density at radius 1 is 1.36 bits per heavy atom. The van der Waals surface area contributed by atoms with Gasteiger partial charge in [0.05, 0.1) is 0 Å². The Bertz CT molecular complexity index is 156. The number of nitrogens with two attached hydrogens (primary N) is 1. The maximum absolute atomic E-state index is 9.82.